The third-order valence-electron chi connectivity index (χ3n) is 6.46. The van der Waals surface area contributed by atoms with Crippen molar-refractivity contribution in [2.45, 2.75) is 26.2 Å². The molecule has 1 aliphatic heterocycles. The molecule has 0 radical (unpaired) electrons. The first-order chi connectivity index (χ1) is 18.3. The number of carbonyl (C=O) groups excluding carboxylic acids is 2. The van der Waals surface area contributed by atoms with Gasteiger partial charge in [0.1, 0.15) is 16.9 Å². The fraction of sp³-hybridized carbons (Fsp3) is 0.370. The number of thiol groups is 1. The van der Waals surface area contributed by atoms with Gasteiger partial charge in [0.2, 0.25) is 10.9 Å². The molecule has 0 N–H and O–H groups in total. The molecule has 202 valence electrons. The lowest BCUT2D eigenvalue weighted by Crippen LogP contribution is -2.48. The van der Waals surface area contributed by atoms with Crippen LogP contribution in [0.15, 0.2) is 42.6 Å². The number of carbonyl (C=O) groups is 2. The summed E-state index contributed by atoms with van der Waals surface area (Å²) in [7, 11) is -1.46. The number of unbranched alkanes of at least 4 members (excludes halogenated alkanes) is 1. The lowest BCUT2D eigenvalue weighted by Gasteiger charge is -2.31. The van der Waals surface area contributed by atoms with E-state index in [-0.39, 0.29) is 54.8 Å². The van der Waals surface area contributed by atoms with Crippen molar-refractivity contribution in [2.75, 3.05) is 39.9 Å². The second-order valence-corrected chi connectivity index (χ2v) is 10.1. The van der Waals surface area contributed by atoms with Crippen molar-refractivity contribution in [1.29, 1.82) is 0 Å². The van der Waals surface area contributed by atoms with Crippen LogP contribution in [0.5, 0.6) is 5.75 Å². The van der Waals surface area contributed by atoms with E-state index in [4.69, 9.17) is 9.47 Å². The largest absolute Gasteiger partial charge is 0.490 e. The summed E-state index contributed by atoms with van der Waals surface area (Å²) in [6, 6.07) is 9.45. The Morgan fingerprint density at radius 2 is 1.74 bits per heavy atom. The molecular formula is C27H30FN3O6S. The van der Waals surface area contributed by atoms with Gasteiger partial charge < -0.3 is 14.4 Å². The SMILES string of the molecule is CCCCOc1c(C(=O)OC)cc(C(=O)N2CCN([SH](=O)=O)CC2)c2cc(Cc3ccc(F)cc3)cnc12. The third-order valence-corrected chi connectivity index (χ3v) is 7.32. The zero-order chi connectivity index (χ0) is 27.2. The fourth-order valence-electron chi connectivity index (χ4n) is 4.38. The number of amides is 1. The maximum absolute atomic E-state index is 13.7. The Balaban J connectivity index is 1.81. The number of hydrogen-bond donors (Lipinski definition) is 1. The van der Waals surface area contributed by atoms with Crippen LogP contribution in [0.3, 0.4) is 0 Å². The molecule has 9 nitrogen and oxygen atoms in total. The highest BCUT2D eigenvalue weighted by atomic mass is 32.2. The molecule has 11 heteroatoms. The minimum absolute atomic E-state index is 0.0968. The second kappa shape index (κ2) is 12.3. The van der Waals surface area contributed by atoms with E-state index in [0.717, 1.165) is 24.0 Å². The van der Waals surface area contributed by atoms with Gasteiger partial charge in [-0.1, -0.05) is 25.5 Å². The summed E-state index contributed by atoms with van der Waals surface area (Å²) < 4.78 is 48.4. The number of methoxy groups -OCH3 is 1. The molecule has 2 aromatic carbocycles. The number of piperazine rings is 1. The van der Waals surface area contributed by atoms with Crippen LogP contribution in [-0.4, -0.2) is 74.4 Å². The van der Waals surface area contributed by atoms with Crippen LogP contribution in [0.1, 0.15) is 51.6 Å². The van der Waals surface area contributed by atoms with Gasteiger partial charge in [-0.25, -0.2) is 21.9 Å². The van der Waals surface area contributed by atoms with Crippen LogP contribution in [-0.2, 0) is 22.0 Å². The Kier molecular flexibility index (Phi) is 8.90. The summed E-state index contributed by atoms with van der Waals surface area (Å²) in [5.41, 5.74) is 2.36. The van der Waals surface area contributed by atoms with Crippen molar-refractivity contribution in [1.82, 2.24) is 14.2 Å². The molecular weight excluding hydrogens is 513 g/mol. The van der Waals surface area contributed by atoms with E-state index >= 15 is 0 Å². The molecule has 0 saturated carbocycles. The summed E-state index contributed by atoms with van der Waals surface area (Å²) in [5, 5.41) is 0.506. The molecule has 1 amide bonds. The predicted octanol–water partition coefficient (Wildman–Crippen LogP) is 3.21. The van der Waals surface area contributed by atoms with E-state index < -0.39 is 16.9 Å². The Morgan fingerprint density at radius 1 is 1.03 bits per heavy atom. The number of rotatable bonds is 9. The molecule has 4 rings (SSSR count). The van der Waals surface area contributed by atoms with Crippen molar-refractivity contribution in [2.24, 2.45) is 0 Å². The summed E-state index contributed by atoms with van der Waals surface area (Å²) in [4.78, 5) is 32.7. The van der Waals surface area contributed by atoms with Crippen molar-refractivity contribution < 1.29 is 31.9 Å². The molecule has 3 aromatic rings. The summed E-state index contributed by atoms with van der Waals surface area (Å²) in [6.45, 7) is 3.20. The van der Waals surface area contributed by atoms with Crippen LogP contribution in [0.2, 0.25) is 0 Å². The van der Waals surface area contributed by atoms with E-state index in [2.05, 4.69) is 4.98 Å². The maximum Gasteiger partial charge on any atom is 0.341 e. The summed E-state index contributed by atoms with van der Waals surface area (Å²) >= 11 is 0. The molecule has 38 heavy (non-hydrogen) atoms. The topological polar surface area (TPSA) is 106 Å². The van der Waals surface area contributed by atoms with E-state index in [0.29, 0.717) is 23.9 Å². The standard InChI is InChI=1S/C27H30FN3O6S/c1-3-4-13-37-25-23(27(33)36-2)16-22(26(32)30-9-11-31(12-10-30)38(34)35)21-15-19(17-29-24(21)25)14-18-5-7-20(28)8-6-18/h5-8,15-17,38H,3-4,9-14H2,1-2H3. The van der Waals surface area contributed by atoms with Gasteiger partial charge in [0.15, 0.2) is 5.75 Å². The van der Waals surface area contributed by atoms with Crippen molar-refractivity contribution in [3.05, 3.63) is 70.7 Å². The number of pyridine rings is 1. The van der Waals surface area contributed by atoms with Crippen molar-refractivity contribution in [3.63, 3.8) is 0 Å². The van der Waals surface area contributed by atoms with Gasteiger partial charge in [-0.3, -0.25) is 9.78 Å². The molecule has 0 atom stereocenters. The molecule has 0 unspecified atom stereocenters. The highest BCUT2D eigenvalue weighted by Gasteiger charge is 2.28. The van der Waals surface area contributed by atoms with Crippen LogP contribution in [0.4, 0.5) is 4.39 Å². The van der Waals surface area contributed by atoms with Crippen molar-refractivity contribution >= 4 is 33.7 Å². The molecule has 1 aromatic heterocycles. The highest BCUT2D eigenvalue weighted by molar-refractivity contribution is 7.69. The van der Waals surface area contributed by atoms with Gasteiger partial charge in [0.05, 0.1) is 19.3 Å². The molecule has 1 saturated heterocycles. The van der Waals surface area contributed by atoms with Gasteiger partial charge >= 0.3 is 5.97 Å². The molecule has 0 bridgehead atoms. The van der Waals surface area contributed by atoms with Gasteiger partial charge in [-0.2, -0.15) is 0 Å². The Morgan fingerprint density at radius 3 is 2.37 bits per heavy atom. The molecule has 1 fully saturated rings. The van der Waals surface area contributed by atoms with Gasteiger partial charge in [0, 0.05) is 37.8 Å². The minimum atomic E-state index is -2.71. The number of ether oxygens (including phenoxy) is 2. The Labute approximate surface area is 222 Å². The number of benzene rings is 2. The predicted molar refractivity (Wildman–Crippen MR) is 140 cm³/mol. The first-order valence-electron chi connectivity index (χ1n) is 12.4. The number of nitrogens with zero attached hydrogens (tertiary/aromatic N) is 3. The molecule has 2 heterocycles. The van der Waals surface area contributed by atoms with Gasteiger partial charge in [-0.15, -0.1) is 0 Å². The number of hydrogen-bond acceptors (Lipinski definition) is 7. The van der Waals surface area contributed by atoms with Crippen LogP contribution in [0, 0.1) is 5.82 Å². The molecule has 1 aliphatic rings. The normalized spacial score (nSPS) is 14.2. The second-order valence-electron chi connectivity index (χ2n) is 9.02. The number of esters is 1. The molecule has 0 aliphatic carbocycles. The Bertz CT molecular complexity index is 1390. The number of fused-ring (bicyclic) bond motifs is 1. The molecule has 0 spiro atoms. The van der Waals surface area contributed by atoms with E-state index in [9.17, 15) is 22.4 Å². The third kappa shape index (κ3) is 6.11. The summed E-state index contributed by atoms with van der Waals surface area (Å²) in [6.07, 6.45) is 3.75. The number of aromatic nitrogens is 1. The van der Waals surface area contributed by atoms with Crippen LogP contribution in [0.25, 0.3) is 10.9 Å². The van der Waals surface area contributed by atoms with Crippen molar-refractivity contribution in [3.8, 4) is 5.75 Å². The summed E-state index contributed by atoms with van der Waals surface area (Å²) in [5.74, 6) is -1.08. The smallest absolute Gasteiger partial charge is 0.341 e. The maximum atomic E-state index is 13.7. The van der Waals surface area contributed by atoms with Gasteiger partial charge in [-0.05, 0) is 48.2 Å². The Hall–Kier alpha value is -3.57. The van der Waals surface area contributed by atoms with E-state index in [1.807, 2.05) is 13.0 Å². The monoisotopic (exact) mass is 543 g/mol. The quantitative estimate of drug-likeness (QED) is 0.251. The number of halogens is 1. The first-order valence-corrected chi connectivity index (χ1v) is 13.5. The first kappa shape index (κ1) is 27.5. The minimum Gasteiger partial charge on any atom is -0.490 e. The lowest BCUT2D eigenvalue weighted by atomic mass is 9.98. The lowest BCUT2D eigenvalue weighted by molar-refractivity contribution is 0.0596. The zero-order valence-electron chi connectivity index (χ0n) is 21.3. The van der Waals surface area contributed by atoms with Crippen LogP contribution < -0.4 is 4.74 Å². The van der Waals surface area contributed by atoms with E-state index in [1.54, 1.807) is 23.2 Å². The average Bonchev–Trinajstić information content (AvgIpc) is 2.93. The fourth-order valence-corrected chi connectivity index (χ4v) is 4.89. The average molecular weight is 544 g/mol. The van der Waals surface area contributed by atoms with Gasteiger partial charge in [0.25, 0.3) is 5.91 Å². The highest BCUT2D eigenvalue weighted by Crippen LogP contribution is 2.34. The van der Waals surface area contributed by atoms with Crippen LogP contribution >= 0.6 is 0 Å². The van der Waals surface area contributed by atoms with E-state index in [1.165, 1.54) is 29.6 Å². The zero-order valence-corrected chi connectivity index (χ0v) is 22.2.